The molecule has 0 heterocycles. The Morgan fingerprint density at radius 2 is 1.95 bits per heavy atom. The van der Waals surface area contributed by atoms with Gasteiger partial charge in [-0.25, -0.2) is 0 Å². The number of halogens is 4. The number of nitrogens with two attached hydrogens (primary N) is 1. The van der Waals surface area contributed by atoms with E-state index in [0.29, 0.717) is 0 Å². The van der Waals surface area contributed by atoms with Crippen molar-refractivity contribution in [2.75, 3.05) is 6.54 Å². The number of hydrogen-bond acceptors (Lipinski definition) is 2. The van der Waals surface area contributed by atoms with E-state index in [1.165, 1.54) is 18.2 Å². The molecule has 3 N–H and O–H groups in total. The summed E-state index contributed by atoms with van der Waals surface area (Å²) in [4.78, 5) is 11.4. The molecule has 0 aromatic heterocycles. The summed E-state index contributed by atoms with van der Waals surface area (Å²) in [6, 6.07) is 5.16. The van der Waals surface area contributed by atoms with Gasteiger partial charge in [-0.2, -0.15) is 13.2 Å². The number of carbonyl (C=O) groups excluding carboxylic acids is 1. The van der Waals surface area contributed by atoms with Crippen LogP contribution in [0.3, 0.4) is 0 Å². The van der Waals surface area contributed by atoms with Crippen molar-refractivity contribution in [1.29, 1.82) is 0 Å². The molecule has 0 saturated carbocycles. The summed E-state index contributed by atoms with van der Waals surface area (Å²) in [5.41, 5.74) is 4.61. The summed E-state index contributed by atoms with van der Waals surface area (Å²) in [6.45, 7) is 1.62. The average molecular weight is 297 g/mol. The first-order chi connectivity index (χ1) is 8.36. The molecule has 7 heteroatoms. The fourth-order valence-electron chi connectivity index (χ4n) is 1.41. The fourth-order valence-corrected chi connectivity index (χ4v) is 1.41. The lowest BCUT2D eigenvalue weighted by molar-refractivity contribution is -0.138. The number of nitrogens with one attached hydrogen (secondary N) is 1. The van der Waals surface area contributed by atoms with E-state index in [1.54, 1.807) is 6.92 Å². The first-order valence-electron chi connectivity index (χ1n) is 5.49. The Balaban J connectivity index is 0.00000324. The molecule has 108 valence electrons. The highest BCUT2D eigenvalue weighted by molar-refractivity contribution is 5.85. The van der Waals surface area contributed by atoms with Crippen LogP contribution in [-0.4, -0.2) is 12.5 Å². The van der Waals surface area contributed by atoms with Crippen LogP contribution in [0.4, 0.5) is 13.2 Å². The highest BCUT2D eigenvalue weighted by atomic mass is 35.5. The smallest absolute Gasteiger partial charge is 0.352 e. The van der Waals surface area contributed by atoms with E-state index >= 15 is 0 Å². The van der Waals surface area contributed by atoms with Crippen molar-refractivity contribution in [2.45, 2.75) is 19.6 Å². The molecular formula is C12H16ClF3N2O. The molecule has 0 radical (unpaired) electrons. The Kier molecular flexibility index (Phi) is 6.86. The quantitative estimate of drug-likeness (QED) is 0.896. The molecule has 1 aromatic rings. The minimum Gasteiger partial charge on any atom is -0.352 e. The molecule has 3 nitrogen and oxygen atoms in total. The summed E-state index contributed by atoms with van der Waals surface area (Å²) < 4.78 is 38.0. The Morgan fingerprint density at radius 3 is 2.47 bits per heavy atom. The van der Waals surface area contributed by atoms with Gasteiger partial charge in [-0.1, -0.05) is 25.1 Å². The zero-order valence-corrected chi connectivity index (χ0v) is 11.1. The van der Waals surface area contributed by atoms with Crippen molar-refractivity contribution in [1.82, 2.24) is 5.32 Å². The van der Waals surface area contributed by atoms with Gasteiger partial charge in [0.25, 0.3) is 0 Å². The summed E-state index contributed by atoms with van der Waals surface area (Å²) in [5, 5.41) is 2.44. The number of carbonyl (C=O) groups is 1. The predicted molar refractivity (Wildman–Crippen MR) is 68.8 cm³/mol. The van der Waals surface area contributed by atoms with Gasteiger partial charge in [0.05, 0.1) is 5.56 Å². The molecule has 0 saturated heterocycles. The molecule has 0 aliphatic carbocycles. The van der Waals surface area contributed by atoms with Gasteiger partial charge in [0.1, 0.15) is 0 Å². The van der Waals surface area contributed by atoms with Gasteiger partial charge in [0.15, 0.2) is 0 Å². The highest BCUT2D eigenvalue weighted by Gasteiger charge is 2.32. The van der Waals surface area contributed by atoms with Gasteiger partial charge < -0.3 is 11.1 Å². The van der Waals surface area contributed by atoms with Crippen molar-refractivity contribution >= 4 is 18.3 Å². The maximum Gasteiger partial charge on any atom is 0.416 e. The third-order valence-corrected chi connectivity index (χ3v) is 2.58. The SMILES string of the molecule is CC(CN)C(=O)NCc1ccccc1C(F)(F)F.Cl. The third-order valence-electron chi connectivity index (χ3n) is 2.58. The molecular weight excluding hydrogens is 281 g/mol. The molecule has 0 spiro atoms. The van der Waals surface area contributed by atoms with Crippen LogP contribution in [-0.2, 0) is 17.5 Å². The molecule has 0 aliphatic rings. The first-order valence-corrected chi connectivity index (χ1v) is 5.49. The largest absolute Gasteiger partial charge is 0.416 e. The van der Waals surface area contributed by atoms with E-state index in [1.807, 2.05) is 0 Å². The highest BCUT2D eigenvalue weighted by Crippen LogP contribution is 2.31. The van der Waals surface area contributed by atoms with Gasteiger partial charge >= 0.3 is 6.18 Å². The number of benzene rings is 1. The lowest BCUT2D eigenvalue weighted by Gasteiger charge is -2.14. The summed E-state index contributed by atoms with van der Waals surface area (Å²) >= 11 is 0. The van der Waals surface area contributed by atoms with Crippen LogP contribution in [0.1, 0.15) is 18.1 Å². The first kappa shape index (κ1) is 17.7. The van der Waals surface area contributed by atoms with Gasteiger partial charge in [-0.3, -0.25) is 4.79 Å². The second-order valence-corrected chi connectivity index (χ2v) is 4.01. The average Bonchev–Trinajstić information content (AvgIpc) is 2.34. The van der Waals surface area contributed by atoms with Crippen LogP contribution < -0.4 is 11.1 Å². The van der Waals surface area contributed by atoms with Crippen molar-refractivity contribution in [3.8, 4) is 0 Å². The third kappa shape index (κ3) is 5.08. The van der Waals surface area contributed by atoms with Crippen molar-refractivity contribution in [3.63, 3.8) is 0 Å². The molecule has 19 heavy (non-hydrogen) atoms. The number of amides is 1. The Labute approximate surface area is 115 Å². The molecule has 0 bridgehead atoms. The van der Waals surface area contributed by atoms with Gasteiger partial charge in [0, 0.05) is 19.0 Å². The van der Waals surface area contributed by atoms with E-state index in [0.717, 1.165) is 6.07 Å². The van der Waals surface area contributed by atoms with E-state index < -0.39 is 17.7 Å². The van der Waals surface area contributed by atoms with Gasteiger partial charge in [-0.05, 0) is 11.6 Å². The Bertz CT molecular complexity index is 424. The lowest BCUT2D eigenvalue weighted by Crippen LogP contribution is -2.33. The van der Waals surface area contributed by atoms with E-state index in [-0.39, 0.29) is 37.0 Å². The van der Waals surface area contributed by atoms with Crippen molar-refractivity contribution < 1.29 is 18.0 Å². The molecule has 1 rings (SSSR count). The van der Waals surface area contributed by atoms with E-state index in [4.69, 9.17) is 5.73 Å². The van der Waals surface area contributed by atoms with Crippen molar-refractivity contribution in [3.05, 3.63) is 35.4 Å². The summed E-state index contributed by atoms with van der Waals surface area (Å²) in [6.07, 6.45) is -4.42. The summed E-state index contributed by atoms with van der Waals surface area (Å²) in [5.74, 6) is -0.766. The molecule has 1 amide bonds. The molecule has 1 aromatic carbocycles. The maximum absolute atomic E-state index is 12.7. The van der Waals surface area contributed by atoms with Crippen LogP contribution in [0.5, 0.6) is 0 Å². The van der Waals surface area contributed by atoms with E-state index in [9.17, 15) is 18.0 Å². The Hall–Kier alpha value is -1.27. The zero-order chi connectivity index (χ0) is 13.8. The second-order valence-electron chi connectivity index (χ2n) is 4.01. The fraction of sp³-hybridized carbons (Fsp3) is 0.417. The number of alkyl halides is 3. The monoisotopic (exact) mass is 296 g/mol. The minimum atomic E-state index is -4.42. The van der Waals surface area contributed by atoms with Crippen LogP contribution in [0.2, 0.25) is 0 Å². The van der Waals surface area contributed by atoms with Crippen molar-refractivity contribution in [2.24, 2.45) is 11.7 Å². The van der Waals surface area contributed by atoms with Crippen LogP contribution in [0, 0.1) is 5.92 Å². The topological polar surface area (TPSA) is 55.1 Å². The maximum atomic E-state index is 12.7. The predicted octanol–water partition coefficient (Wildman–Crippen LogP) is 2.34. The second kappa shape index (κ2) is 7.35. The number of rotatable bonds is 4. The molecule has 1 unspecified atom stereocenters. The minimum absolute atomic E-state index is 0. The Morgan fingerprint density at radius 1 is 1.37 bits per heavy atom. The van der Waals surface area contributed by atoms with Crippen LogP contribution in [0.15, 0.2) is 24.3 Å². The zero-order valence-electron chi connectivity index (χ0n) is 10.3. The van der Waals surface area contributed by atoms with Crippen LogP contribution in [0.25, 0.3) is 0 Å². The molecule has 0 aliphatic heterocycles. The van der Waals surface area contributed by atoms with Gasteiger partial charge in [-0.15, -0.1) is 12.4 Å². The summed E-state index contributed by atoms with van der Waals surface area (Å²) in [7, 11) is 0. The lowest BCUT2D eigenvalue weighted by atomic mass is 10.1. The van der Waals surface area contributed by atoms with Crippen LogP contribution >= 0.6 is 12.4 Å². The molecule has 1 atom stereocenters. The van der Waals surface area contributed by atoms with Gasteiger partial charge in [0.2, 0.25) is 5.91 Å². The standard InChI is InChI=1S/C12H15F3N2O.ClH/c1-8(6-16)11(18)17-7-9-4-2-3-5-10(9)12(13,14)15;/h2-5,8H,6-7,16H2,1H3,(H,17,18);1H. The molecule has 0 fully saturated rings. The normalized spacial score (nSPS) is 12.5. The number of hydrogen-bond donors (Lipinski definition) is 2. The van der Waals surface area contributed by atoms with E-state index in [2.05, 4.69) is 5.32 Å².